The Balaban J connectivity index is 2.97. The van der Waals surface area contributed by atoms with Crippen molar-refractivity contribution in [2.75, 3.05) is 13.7 Å². The zero-order valence-electron chi connectivity index (χ0n) is 11.9. The van der Waals surface area contributed by atoms with E-state index in [0.717, 1.165) is 11.3 Å². The van der Waals surface area contributed by atoms with Gasteiger partial charge in [-0.25, -0.2) is 0 Å². The van der Waals surface area contributed by atoms with Crippen molar-refractivity contribution < 1.29 is 19.1 Å². The van der Waals surface area contributed by atoms with Crippen LogP contribution in [0, 0.1) is 12.8 Å². The van der Waals surface area contributed by atoms with E-state index in [2.05, 4.69) is 0 Å². The Morgan fingerprint density at radius 3 is 2.42 bits per heavy atom. The number of aryl methyl sites for hydroxylation is 1. The molecule has 0 saturated heterocycles. The number of methoxy groups -OCH3 is 1. The van der Waals surface area contributed by atoms with Gasteiger partial charge in [0.15, 0.2) is 5.78 Å². The molecule has 0 aliphatic carbocycles. The van der Waals surface area contributed by atoms with Crippen LogP contribution in [-0.2, 0) is 9.53 Å². The highest BCUT2D eigenvalue weighted by Crippen LogP contribution is 2.21. The molecule has 0 amide bonds. The van der Waals surface area contributed by atoms with Gasteiger partial charge in [-0.05, 0) is 44.0 Å². The van der Waals surface area contributed by atoms with Crippen LogP contribution < -0.4 is 4.74 Å². The highest BCUT2D eigenvalue weighted by molar-refractivity contribution is 6.08. The fourth-order valence-corrected chi connectivity index (χ4v) is 1.93. The standard InChI is InChI=1S/C15H20O4/c1-5-12(15(17)19-6-2)14(16)11-7-8-13(18-4)10(3)9-11/h7-9,12H,5-6H2,1-4H3. The number of carbonyl (C=O) groups is 2. The summed E-state index contributed by atoms with van der Waals surface area (Å²) in [4.78, 5) is 24.0. The molecule has 0 aliphatic heterocycles. The van der Waals surface area contributed by atoms with E-state index in [-0.39, 0.29) is 12.4 Å². The molecule has 4 heteroatoms. The maximum Gasteiger partial charge on any atom is 0.316 e. The van der Waals surface area contributed by atoms with Crippen LogP contribution in [0.5, 0.6) is 5.75 Å². The smallest absolute Gasteiger partial charge is 0.316 e. The first-order valence-corrected chi connectivity index (χ1v) is 6.40. The third-order valence-corrected chi connectivity index (χ3v) is 2.98. The molecule has 0 fully saturated rings. The molecule has 1 atom stereocenters. The van der Waals surface area contributed by atoms with E-state index < -0.39 is 11.9 Å². The summed E-state index contributed by atoms with van der Waals surface area (Å²) < 4.78 is 10.1. The molecule has 1 aromatic rings. The Labute approximate surface area is 113 Å². The average molecular weight is 264 g/mol. The maximum absolute atomic E-state index is 12.3. The monoisotopic (exact) mass is 264 g/mol. The zero-order chi connectivity index (χ0) is 14.4. The van der Waals surface area contributed by atoms with Gasteiger partial charge in [-0.2, -0.15) is 0 Å². The number of hydrogen-bond acceptors (Lipinski definition) is 4. The Morgan fingerprint density at radius 2 is 1.95 bits per heavy atom. The molecule has 0 aromatic heterocycles. The molecule has 0 heterocycles. The summed E-state index contributed by atoms with van der Waals surface area (Å²) in [6.07, 6.45) is 0.433. The minimum atomic E-state index is -0.729. The van der Waals surface area contributed by atoms with Crippen LogP contribution >= 0.6 is 0 Å². The summed E-state index contributed by atoms with van der Waals surface area (Å²) in [6, 6.07) is 5.15. The maximum atomic E-state index is 12.3. The molecule has 0 spiro atoms. The molecule has 1 unspecified atom stereocenters. The third kappa shape index (κ3) is 3.56. The van der Waals surface area contributed by atoms with Gasteiger partial charge in [-0.15, -0.1) is 0 Å². The lowest BCUT2D eigenvalue weighted by Gasteiger charge is -2.13. The summed E-state index contributed by atoms with van der Waals surface area (Å²) in [6.45, 7) is 5.67. The molecular weight excluding hydrogens is 244 g/mol. The first kappa shape index (κ1) is 15.2. The number of ketones is 1. The van der Waals surface area contributed by atoms with Crippen molar-refractivity contribution in [2.45, 2.75) is 27.2 Å². The van der Waals surface area contributed by atoms with Crippen LogP contribution in [-0.4, -0.2) is 25.5 Å². The summed E-state index contributed by atoms with van der Waals surface area (Å²) >= 11 is 0. The van der Waals surface area contributed by atoms with Crippen LogP contribution in [0.4, 0.5) is 0 Å². The molecule has 1 aromatic carbocycles. The predicted octanol–water partition coefficient (Wildman–Crippen LogP) is 2.78. The molecular formula is C15H20O4. The Hall–Kier alpha value is -1.84. The van der Waals surface area contributed by atoms with E-state index in [9.17, 15) is 9.59 Å². The van der Waals surface area contributed by atoms with Crippen molar-refractivity contribution in [2.24, 2.45) is 5.92 Å². The van der Waals surface area contributed by atoms with Crippen LogP contribution in [0.15, 0.2) is 18.2 Å². The van der Waals surface area contributed by atoms with Crippen molar-refractivity contribution in [1.29, 1.82) is 0 Å². The molecule has 19 heavy (non-hydrogen) atoms. The Bertz CT molecular complexity index is 465. The second-order valence-electron chi connectivity index (χ2n) is 4.26. The molecule has 4 nitrogen and oxygen atoms in total. The summed E-state index contributed by atoms with van der Waals surface area (Å²) in [5.74, 6) is -0.663. The summed E-state index contributed by atoms with van der Waals surface area (Å²) in [5, 5.41) is 0. The minimum absolute atomic E-state index is 0.202. The number of rotatable bonds is 6. The number of esters is 1. The van der Waals surface area contributed by atoms with Gasteiger partial charge in [0, 0.05) is 5.56 Å². The number of benzene rings is 1. The normalized spacial score (nSPS) is 11.8. The molecule has 0 saturated carbocycles. The average Bonchev–Trinajstić information content (AvgIpc) is 2.39. The van der Waals surface area contributed by atoms with E-state index in [4.69, 9.17) is 9.47 Å². The zero-order valence-corrected chi connectivity index (χ0v) is 11.9. The lowest BCUT2D eigenvalue weighted by molar-refractivity contribution is -0.146. The third-order valence-electron chi connectivity index (χ3n) is 2.98. The first-order valence-electron chi connectivity index (χ1n) is 6.40. The largest absolute Gasteiger partial charge is 0.496 e. The molecule has 0 bridgehead atoms. The highest BCUT2D eigenvalue weighted by atomic mass is 16.5. The van der Waals surface area contributed by atoms with Crippen molar-refractivity contribution in [3.63, 3.8) is 0 Å². The lowest BCUT2D eigenvalue weighted by atomic mass is 9.94. The topological polar surface area (TPSA) is 52.6 Å². The van der Waals surface area contributed by atoms with Gasteiger partial charge in [0.1, 0.15) is 11.7 Å². The Kier molecular flexibility index (Phi) is 5.55. The predicted molar refractivity (Wildman–Crippen MR) is 72.5 cm³/mol. The van der Waals surface area contributed by atoms with E-state index in [1.54, 1.807) is 39.2 Å². The van der Waals surface area contributed by atoms with Crippen molar-refractivity contribution >= 4 is 11.8 Å². The second-order valence-corrected chi connectivity index (χ2v) is 4.26. The molecule has 1 rings (SSSR count). The lowest BCUT2D eigenvalue weighted by Crippen LogP contribution is -2.25. The molecule has 0 radical (unpaired) electrons. The van der Waals surface area contributed by atoms with E-state index in [0.29, 0.717) is 12.0 Å². The summed E-state index contributed by atoms with van der Waals surface area (Å²) in [7, 11) is 1.58. The minimum Gasteiger partial charge on any atom is -0.496 e. The van der Waals surface area contributed by atoms with Gasteiger partial charge in [-0.3, -0.25) is 9.59 Å². The van der Waals surface area contributed by atoms with Crippen LogP contribution in [0.25, 0.3) is 0 Å². The van der Waals surface area contributed by atoms with E-state index in [1.165, 1.54) is 0 Å². The van der Waals surface area contributed by atoms with Gasteiger partial charge >= 0.3 is 5.97 Å². The van der Waals surface area contributed by atoms with Gasteiger partial charge in [-0.1, -0.05) is 6.92 Å². The van der Waals surface area contributed by atoms with E-state index in [1.807, 2.05) is 6.92 Å². The summed E-state index contributed by atoms with van der Waals surface area (Å²) in [5.41, 5.74) is 1.38. The molecule has 104 valence electrons. The van der Waals surface area contributed by atoms with Crippen molar-refractivity contribution in [3.05, 3.63) is 29.3 Å². The van der Waals surface area contributed by atoms with Crippen LogP contribution in [0.3, 0.4) is 0 Å². The molecule has 0 aliphatic rings. The Morgan fingerprint density at radius 1 is 1.26 bits per heavy atom. The van der Waals surface area contributed by atoms with Crippen molar-refractivity contribution in [3.8, 4) is 5.75 Å². The fourth-order valence-electron chi connectivity index (χ4n) is 1.93. The number of carbonyl (C=O) groups excluding carboxylic acids is 2. The first-order chi connectivity index (χ1) is 9.04. The van der Waals surface area contributed by atoms with E-state index >= 15 is 0 Å². The van der Waals surface area contributed by atoms with Crippen LogP contribution in [0.1, 0.15) is 36.2 Å². The van der Waals surface area contributed by atoms with Gasteiger partial charge in [0.2, 0.25) is 0 Å². The highest BCUT2D eigenvalue weighted by Gasteiger charge is 2.27. The van der Waals surface area contributed by atoms with Gasteiger partial charge in [0.25, 0.3) is 0 Å². The number of ether oxygens (including phenoxy) is 2. The second kappa shape index (κ2) is 6.92. The van der Waals surface area contributed by atoms with Gasteiger partial charge < -0.3 is 9.47 Å². The number of hydrogen-bond donors (Lipinski definition) is 0. The SMILES string of the molecule is CCOC(=O)C(CC)C(=O)c1ccc(OC)c(C)c1. The molecule has 0 N–H and O–H groups in total. The fraction of sp³-hybridized carbons (Fsp3) is 0.467. The quantitative estimate of drug-likeness (QED) is 0.450. The van der Waals surface area contributed by atoms with Gasteiger partial charge in [0.05, 0.1) is 13.7 Å². The van der Waals surface area contributed by atoms with Crippen LogP contribution in [0.2, 0.25) is 0 Å². The van der Waals surface area contributed by atoms with Crippen molar-refractivity contribution in [1.82, 2.24) is 0 Å². The number of Topliss-reactive ketones (excluding diaryl/α,β-unsaturated/α-hetero) is 1.